The molecule has 15 heteroatoms. The van der Waals surface area contributed by atoms with Crippen molar-refractivity contribution >= 4 is 23.8 Å². The number of pyridine rings is 2. The molecule has 1 fully saturated rings. The fraction of sp³-hybridized carbons (Fsp3) is 0.538. The Labute approximate surface area is 232 Å². The number of ether oxygens (including phenoxy) is 3. The van der Waals surface area contributed by atoms with Gasteiger partial charge in [0, 0.05) is 50.1 Å². The molecule has 0 saturated carbocycles. The number of fused-ring (bicyclic) bond motifs is 1. The third-order valence-corrected chi connectivity index (χ3v) is 6.41. The van der Waals surface area contributed by atoms with E-state index in [1.807, 2.05) is 0 Å². The van der Waals surface area contributed by atoms with Gasteiger partial charge < -0.3 is 24.0 Å². The molecule has 1 N–H and O–H groups in total. The van der Waals surface area contributed by atoms with Crippen LogP contribution in [-0.2, 0) is 20.1 Å². The third-order valence-electron chi connectivity index (χ3n) is 6.41. The fourth-order valence-corrected chi connectivity index (χ4v) is 4.63. The van der Waals surface area contributed by atoms with Crippen molar-refractivity contribution in [3.8, 4) is 11.3 Å². The summed E-state index contributed by atoms with van der Waals surface area (Å²) >= 11 is 0. The van der Waals surface area contributed by atoms with Gasteiger partial charge in [0.25, 0.3) is 5.92 Å². The van der Waals surface area contributed by atoms with E-state index in [1.54, 1.807) is 32.6 Å². The summed E-state index contributed by atoms with van der Waals surface area (Å²) in [6, 6.07) is 2.90. The number of anilines is 2. The number of halogens is 5. The first-order chi connectivity index (χ1) is 19.0. The Morgan fingerprint density at radius 1 is 1.17 bits per heavy atom. The first kappa shape index (κ1) is 30.2. The Morgan fingerprint density at radius 2 is 1.88 bits per heavy atom. The average molecular weight is 588 g/mol. The Morgan fingerprint density at radius 3 is 2.49 bits per heavy atom. The van der Waals surface area contributed by atoms with Crippen LogP contribution in [-0.4, -0.2) is 78.2 Å². The normalized spacial score (nSPS) is 19.8. The highest BCUT2D eigenvalue weighted by atomic mass is 19.4. The average Bonchev–Trinajstić information content (AvgIpc) is 2.85. The van der Waals surface area contributed by atoms with Crippen LogP contribution < -0.4 is 10.2 Å². The van der Waals surface area contributed by atoms with E-state index in [0.717, 1.165) is 25.4 Å². The Bertz CT molecular complexity index is 1320. The van der Waals surface area contributed by atoms with Gasteiger partial charge in [0.2, 0.25) is 6.10 Å². The number of aromatic nitrogens is 2. The van der Waals surface area contributed by atoms with Crippen LogP contribution in [0.15, 0.2) is 24.4 Å². The van der Waals surface area contributed by atoms with Crippen LogP contribution in [0.3, 0.4) is 0 Å². The zero-order chi connectivity index (χ0) is 30.3. The molecule has 0 radical (unpaired) electrons. The number of amides is 2. The molecule has 0 bridgehead atoms. The molecule has 0 unspecified atom stereocenters. The maximum Gasteiger partial charge on any atom is 0.430 e. The van der Waals surface area contributed by atoms with Crippen molar-refractivity contribution in [1.82, 2.24) is 14.9 Å². The number of carbonyl (C=O) groups excluding carboxylic acids is 2. The van der Waals surface area contributed by atoms with Crippen LogP contribution in [0.1, 0.15) is 44.9 Å². The predicted molar refractivity (Wildman–Crippen MR) is 137 cm³/mol. The van der Waals surface area contributed by atoms with Crippen molar-refractivity contribution in [3.05, 3.63) is 35.5 Å². The lowest BCUT2D eigenvalue weighted by Gasteiger charge is -2.41. The van der Waals surface area contributed by atoms with Crippen molar-refractivity contribution in [1.29, 1.82) is 0 Å². The van der Waals surface area contributed by atoms with Crippen molar-refractivity contribution in [2.24, 2.45) is 0 Å². The first-order valence-corrected chi connectivity index (χ1v) is 12.7. The van der Waals surface area contributed by atoms with Crippen LogP contribution in [0.25, 0.3) is 11.3 Å². The van der Waals surface area contributed by atoms with E-state index in [0.29, 0.717) is 0 Å². The fourth-order valence-electron chi connectivity index (χ4n) is 4.63. The standard InChI is InChI=1S/C26H30F5N5O5/c1-14-12-35(8-9-36(14)23(38)41-24(2,3)4)18-11-15(25(27,28)13-39-5)10-17(33-18)16-6-7-32-21-19(16)20(26(29,30)31)40-22(37)34-21/h6-7,10-11,14,20H,8-9,12-13H2,1-5H3,(H,32,34,37)/t14-,20+/m0/s1. The second kappa shape index (κ2) is 10.9. The van der Waals surface area contributed by atoms with Gasteiger partial charge in [-0.2, -0.15) is 22.0 Å². The number of nitrogens with zero attached hydrogens (tertiary/aromatic N) is 4. The van der Waals surface area contributed by atoms with Crippen molar-refractivity contribution in [2.45, 2.75) is 57.5 Å². The van der Waals surface area contributed by atoms with Gasteiger partial charge in [-0.3, -0.25) is 5.32 Å². The molecule has 41 heavy (non-hydrogen) atoms. The predicted octanol–water partition coefficient (Wildman–Crippen LogP) is 5.49. The number of alkyl halides is 5. The van der Waals surface area contributed by atoms with Gasteiger partial charge in [0.1, 0.15) is 23.8 Å². The number of rotatable bonds is 5. The number of carbonyl (C=O) groups is 2. The molecule has 4 rings (SSSR count). The molecule has 10 nitrogen and oxygen atoms in total. The smallest absolute Gasteiger partial charge is 0.430 e. The zero-order valence-corrected chi connectivity index (χ0v) is 23.0. The van der Waals surface area contributed by atoms with Gasteiger partial charge in [0.05, 0.1) is 11.3 Å². The lowest BCUT2D eigenvalue weighted by Crippen LogP contribution is -2.55. The largest absolute Gasteiger partial charge is 0.444 e. The van der Waals surface area contributed by atoms with Crippen LogP contribution >= 0.6 is 0 Å². The molecule has 2 aliphatic rings. The second-order valence-corrected chi connectivity index (χ2v) is 10.8. The summed E-state index contributed by atoms with van der Waals surface area (Å²) in [5.74, 6) is -3.89. The van der Waals surface area contributed by atoms with Gasteiger partial charge in [-0.1, -0.05) is 0 Å². The Kier molecular flexibility index (Phi) is 8.04. The van der Waals surface area contributed by atoms with E-state index >= 15 is 8.78 Å². The van der Waals surface area contributed by atoms with Gasteiger partial charge >= 0.3 is 18.4 Å². The topological polar surface area (TPSA) is 106 Å². The highest BCUT2D eigenvalue weighted by Gasteiger charge is 2.49. The molecular weight excluding hydrogens is 557 g/mol. The van der Waals surface area contributed by atoms with E-state index in [1.165, 1.54) is 11.0 Å². The Balaban J connectivity index is 1.78. The second-order valence-electron chi connectivity index (χ2n) is 10.8. The molecule has 2 aromatic heterocycles. The molecular formula is C26H30F5N5O5. The monoisotopic (exact) mass is 587 g/mol. The summed E-state index contributed by atoms with van der Waals surface area (Å²) in [6.45, 7) is 6.54. The highest BCUT2D eigenvalue weighted by Crippen LogP contribution is 2.46. The van der Waals surface area contributed by atoms with Gasteiger partial charge in [-0.15, -0.1) is 0 Å². The maximum absolute atomic E-state index is 15.1. The van der Waals surface area contributed by atoms with E-state index in [-0.39, 0.29) is 36.7 Å². The molecule has 0 aromatic carbocycles. The summed E-state index contributed by atoms with van der Waals surface area (Å²) in [4.78, 5) is 35.9. The molecule has 2 aliphatic heterocycles. The molecule has 4 heterocycles. The van der Waals surface area contributed by atoms with Crippen LogP contribution in [0.4, 0.5) is 43.2 Å². The summed E-state index contributed by atoms with van der Waals surface area (Å²) in [5.41, 5.74) is -2.24. The number of cyclic esters (lactones) is 1. The van der Waals surface area contributed by atoms with Gasteiger partial charge in [-0.25, -0.2) is 19.6 Å². The minimum absolute atomic E-state index is 0.0545. The van der Waals surface area contributed by atoms with Crippen molar-refractivity contribution < 1.29 is 45.8 Å². The molecule has 224 valence electrons. The van der Waals surface area contributed by atoms with E-state index in [9.17, 15) is 22.8 Å². The van der Waals surface area contributed by atoms with Crippen LogP contribution in [0, 0.1) is 0 Å². The minimum atomic E-state index is -5.02. The van der Waals surface area contributed by atoms with Gasteiger partial charge in [-0.05, 0) is 45.9 Å². The summed E-state index contributed by atoms with van der Waals surface area (Å²) in [5, 5.41) is 2.12. The molecule has 2 aromatic rings. The number of hydrogen-bond donors (Lipinski definition) is 1. The summed E-state index contributed by atoms with van der Waals surface area (Å²) in [6.07, 6.45) is -8.45. The molecule has 0 spiro atoms. The number of nitrogens with one attached hydrogen (secondary N) is 1. The Hall–Kier alpha value is -3.75. The lowest BCUT2D eigenvalue weighted by atomic mass is 9.97. The number of methoxy groups -OCH3 is 1. The molecule has 2 atom stereocenters. The van der Waals surface area contributed by atoms with E-state index in [2.05, 4.69) is 24.8 Å². The third kappa shape index (κ3) is 6.60. The van der Waals surface area contributed by atoms with Gasteiger partial charge in [0.15, 0.2) is 0 Å². The number of hydrogen-bond acceptors (Lipinski definition) is 8. The van der Waals surface area contributed by atoms with Crippen LogP contribution in [0.5, 0.6) is 0 Å². The zero-order valence-electron chi connectivity index (χ0n) is 23.0. The number of piperazine rings is 1. The lowest BCUT2D eigenvalue weighted by molar-refractivity contribution is -0.206. The van der Waals surface area contributed by atoms with Crippen molar-refractivity contribution in [2.75, 3.05) is 43.6 Å². The summed E-state index contributed by atoms with van der Waals surface area (Å²) < 4.78 is 86.8. The molecule has 0 aliphatic carbocycles. The summed E-state index contributed by atoms with van der Waals surface area (Å²) in [7, 11) is 1.10. The SMILES string of the molecule is COCC(F)(F)c1cc(-c2ccnc3c2[C@H](C(F)(F)F)OC(=O)N3)nc(N2CCN(C(=O)OC(C)(C)C)[C@@H](C)C2)c1. The molecule has 2 amide bonds. The van der Waals surface area contributed by atoms with E-state index in [4.69, 9.17) is 4.74 Å². The minimum Gasteiger partial charge on any atom is -0.444 e. The van der Waals surface area contributed by atoms with Crippen LogP contribution in [0.2, 0.25) is 0 Å². The first-order valence-electron chi connectivity index (χ1n) is 12.7. The molecule has 1 saturated heterocycles. The quantitative estimate of drug-likeness (QED) is 0.458. The highest BCUT2D eigenvalue weighted by molar-refractivity contribution is 5.89. The van der Waals surface area contributed by atoms with Crippen molar-refractivity contribution in [3.63, 3.8) is 0 Å². The maximum atomic E-state index is 15.1. The van der Waals surface area contributed by atoms with E-state index < -0.39 is 65.6 Å².